The summed E-state index contributed by atoms with van der Waals surface area (Å²) in [6.07, 6.45) is 0. The van der Waals surface area contributed by atoms with Crippen LogP contribution in [0.5, 0.6) is 0 Å². The smallest absolute Gasteiger partial charge is 0.115 e. The summed E-state index contributed by atoms with van der Waals surface area (Å²) in [4.78, 5) is 4.90. The van der Waals surface area contributed by atoms with Crippen LogP contribution in [0.15, 0.2) is 18.2 Å². The zero-order valence-corrected chi connectivity index (χ0v) is 15.3. The Morgan fingerprint density at radius 1 is 1.32 bits per heavy atom. The highest BCUT2D eigenvalue weighted by atomic mass is 32.2. The molecule has 22 heavy (non-hydrogen) atoms. The molecule has 0 aliphatic heterocycles. The third kappa shape index (κ3) is 3.58. The van der Waals surface area contributed by atoms with Gasteiger partial charge in [-0.15, -0.1) is 0 Å². The predicted molar refractivity (Wildman–Crippen MR) is 96.8 cm³/mol. The van der Waals surface area contributed by atoms with E-state index in [0.717, 1.165) is 30.2 Å². The normalized spacial score (nSPS) is 12.1. The van der Waals surface area contributed by atoms with Crippen molar-refractivity contribution >= 4 is 28.7 Å². The molecule has 1 aromatic heterocycles. The molecule has 0 spiro atoms. The summed E-state index contributed by atoms with van der Waals surface area (Å²) in [5.74, 6) is 2.10. The molecule has 0 aliphatic carbocycles. The summed E-state index contributed by atoms with van der Waals surface area (Å²) >= 11 is 1.76. The van der Waals surface area contributed by atoms with Gasteiger partial charge in [0, 0.05) is 37.6 Å². The van der Waals surface area contributed by atoms with Gasteiger partial charge in [-0.25, -0.2) is 4.98 Å². The van der Waals surface area contributed by atoms with Gasteiger partial charge in [-0.1, -0.05) is 20.8 Å². The molecule has 0 fully saturated rings. The van der Waals surface area contributed by atoms with Crippen molar-refractivity contribution in [2.75, 3.05) is 30.8 Å². The molecule has 2 aromatic rings. The van der Waals surface area contributed by atoms with E-state index in [-0.39, 0.29) is 5.41 Å². The van der Waals surface area contributed by atoms with E-state index in [2.05, 4.69) is 61.8 Å². The Labute approximate surface area is 138 Å². The van der Waals surface area contributed by atoms with Crippen LogP contribution in [0.4, 0.5) is 5.69 Å². The molecule has 0 saturated heterocycles. The monoisotopic (exact) mass is 321 g/mol. The molecule has 1 heterocycles. The van der Waals surface area contributed by atoms with Gasteiger partial charge in [0.25, 0.3) is 0 Å². The summed E-state index contributed by atoms with van der Waals surface area (Å²) in [6, 6.07) is 6.53. The topological polar surface area (TPSA) is 30.3 Å². The first kappa shape index (κ1) is 17.2. The number of rotatable bonds is 6. The van der Waals surface area contributed by atoms with E-state index < -0.39 is 0 Å². The maximum absolute atomic E-state index is 5.11. The Balaban J connectivity index is 2.35. The number of nitrogens with zero attached hydrogens (tertiary/aromatic N) is 3. The van der Waals surface area contributed by atoms with Gasteiger partial charge in [0.2, 0.25) is 0 Å². The zero-order valence-electron chi connectivity index (χ0n) is 14.5. The van der Waals surface area contributed by atoms with Crippen molar-refractivity contribution in [2.45, 2.75) is 39.7 Å². The second-order valence-electron chi connectivity index (χ2n) is 6.43. The fourth-order valence-electron chi connectivity index (χ4n) is 2.54. The van der Waals surface area contributed by atoms with Crippen LogP contribution in [0.3, 0.4) is 0 Å². The van der Waals surface area contributed by atoms with Gasteiger partial charge in [-0.05, 0) is 37.1 Å². The van der Waals surface area contributed by atoms with E-state index in [1.165, 1.54) is 11.2 Å². The van der Waals surface area contributed by atoms with Gasteiger partial charge in [0.15, 0.2) is 0 Å². The quantitative estimate of drug-likeness (QED) is 0.592. The highest BCUT2D eigenvalue weighted by Gasteiger charge is 2.22. The molecule has 4 nitrogen and oxygen atoms in total. The summed E-state index contributed by atoms with van der Waals surface area (Å²) in [5, 5.41) is 0. The van der Waals surface area contributed by atoms with Gasteiger partial charge in [0.05, 0.1) is 17.6 Å². The second kappa shape index (κ2) is 6.92. The molecule has 5 heteroatoms. The van der Waals surface area contributed by atoms with Crippen LogP contribution in [-0.2, 0) is 16.7 Å². The first-order chi connectivity index (χ1) is 10.4. The van der Waals surface area contributed by atoms with Crippen LogP contribution >= 0.6 is 11.9 Å². The number of hydrogen-bond acceptors (Lipinski definition) is 4. The molecule has 0 aliphatic rings. The number of methoxy groups -OCH3 is 1. The summed E-state index contributed by atoms with van der Waals surface area (Å²) in [5.41, 5.74) is 3.51. The minimum absolute atomic E-state index is 0.0499. The van der Waals surface area contributed by atoms with E-state index in [9.17, 15) is 0 Å². The summed E-state index contributed by atoms with van der Waals surface area (Å²) in [7, 11) is 3.82. The molecular weight excluding hydrogens is 294 g/mol. The Kier molecular flexibility index (Phi) is 5.40. The van der Waals surface area contributed by atoms with Crippen molar-refractivity contribution in [1.29, 1.82) is 0 Å². The standard InChI is InChI=1S/C17H27N3OS/c1-7-20-15-9-8-13(19(5)22-11-10-21-6)12-14(15)18-16(20)17(2,3)4/h8-9,12H,7,10-11H2,1-6H3. The molecule has 0 N–H and O–H groups in total. The number of fused-ring (bicyclic) bond motifs is 1. The van der Waals surface area contributed by atoms with Crippen molar-refractivity contribution < 1.29 is 4.74 Å². The first-order valence-electron chi connectivity index (χ1n) is 7.74. The Bertz CT molecular complexity index is 631. The first-order valence-corrected chi connectivity index (χ1v) is 8.69. The van der Waals surface area contributed by atoms with Crippen LogP contribution in [0.2, 0.25) is 0 Å². The van der Waals surface area contributed by atoms with Crippen molar-refractivity contribution in [2.24, 2.45) is 0 Å². The molecular formula is C17H27N3OS. The van der Waals surface area contributed by atoms with Gasteiger partial charge >= 0.3 is 0 Å². The molecule has 0 bridgehead atoms. The van der Waals surface area contributed by atoms with E-state index in [1.807, 2.05) is 0 Å². The van der Waals surface area contributed by atoms with Crippen molar-refractivity contribution in [3.63, 3.8) is 0 Å². The number of anilines is 1. The van der Waals surface area contributed by atoms with Crippen molar-refractivity contribution in [3.8, 4) is 0 Å². The van der Waals surface area contributed by atoms with Crippen LogP contribution in [0, 0.1) is 0 Å². The zero-order chi connectivity index (χ0) is 16.3. The third-order valence-corrected chi connectivity index (χ3v) is 4.60. The molecule has 0 unspecified atom stereocenters. The van der Waals surface area contributed by atoms with E-state index in [0.29, 0.717) is 0 Å². The summed E-state index contributed by atoms with van der Waals surface area (Å²) in [6.45, 7) is 10.5. The summed E-state index contributed by atoms with van der Waals surface area (Å²) < 4.78 is 9.60. The van der Waals surface area contributed by atoms with Crippen LogP contribution < -0.4 is 4.31 Å². The average molecular weight is 321 g/mol. The highest BCUT2D eigenvalue weighted by molar-refractivity contribution is 8.00. The molecule has 122 valence electrons. The Hall–Kier alpha value is -1.20. The number of aromatic nitrogens is 2. The van der Waals surface area contributed by atoms with Crippen molar-refractivity contribution in [3.05, 3.63) is 24.0 Å². The number of benzene rings is 1. The largest absolute Gasteiger partial charge is 0.384 e. The lowest BCUT2D eigenvalue weighted by molar-refractivity contribution is 0.218. The van der Waals surface area contributed by atoms with E-state index in [4.69, 9.17) is 9.72 Å². The molecule has 0 atom stereocenters. The number of ether oxygens (including phenoxy) is 1. The molecule has 2 rings (SSSR count). The lowest BCUT2D eigenvalue weighted by Gasteiger charge is -2.19. The predicted octanol–water partition coefficient (Wildman–Crippen LogP) is 4.08. The van der Waals surface area contributed by atoms with Crippen molar-refractivity contribution in [1.82, 2.24) is 9.55 Å². The SMILES string of the molecule is CCn1c(C(C)(C)C)nc2cc(N(C)SCCOC)ccc21. The minimum atomic E-state index is 0.0499. The molecule has 0 amide bonds. The molecule has 1 aromatic carbocycles. The number of hydrogen-bond donors (Lipinski definition) is 0. The van der Waals surface area contributed by atoms with Gasteiger partial charge < -0.3 is 13.6 Å². The van der Waals surface area contributed by atoms with E-state index in [1.54, 1.807) is 19.1 Å². The fraction of sp³-hybridized carbons (Fsp3) is 0.588. The van der Waals surface area contributed by atoms with Gasteiger partial charge in [-0.3, -0.25) is 0 Å². The fourth-order valence-corrected chi connectivity index (χ4v) is 3.32. The number of imidazole rings is 1. The van der Waals surface area contributed by atoms with Crippen LogP contribution in [0.1, 0.15) is 33.5 Å². The second-order valence-corrected chi connectivity index (χ2v) is 7.64. The maximum atomic E-state index is 5.11. The maximum Gasteiger partial charge on any atom is 0.115 e. The Morgan fingerprint density at radius 3 is 2.64 bits per heavy atom. The molecule has 0 radical (unpaired) electrons. The minimum Gasteiger partial charge on any atom is -0.384 e. The average Bonchev–Trinajstić information content (AvgIpc) is 2.85. The molecule has 0 saturated carbocycles. The lowest BCUT2D eigenvalue weighted by Crippen LogP contribution is -2.18. The van der Waals surface area contributed by atoms with E-state index >= 15 is 0 Å². The van der Waals surface area contributed by atoms with Gasteiger partial charge in [0.1, 0.15) is 5.82 Å². The van der Waals surface area contributed by atoms with Crippen LogP contribution in [-0.4, -0.2) is 36.1 Å². The lowest BCUT2D eigenvalue weighted by atomic mass is 9.96. The number of aryl methyl sites for hydroxylation is 1. The van der Waals surface area contributed by atoms with Crippen LogP contribution in [0.25, 0.3) is 11.0 Å². The highest BCUT2D eigenvalue weighted by Crippen LogP contribution is 2.30. The van der Waals surface area contributed by atoms with Gasteiger partial charge in [-0.2, -0.15) is 0 Å². The third-order valence-electron chi connectivity index (χ3n) is 3.65. The Morgan fingerprint density at radius 2 is 2.05 bits per heavy atom.